The van der Waals surface area contributed by atoms with E-state index in [-0.39, 0.29) is 11.7 Å². The van der Waals surface area contributed by atoms with Crippen molar-refractivity contribution in [1.82, 2.24) is 0 Å². The SMILES string of the molecule is C=C(C)C(O)C(=O)C(C)C. The molecular weight excluding hydrogens is 128 g/mol. The zero-order valence-corrected chi connectivity index (χ0v) is 6.72. The van der Waals surface area contributed by atoms with Gasteiger partial charge in [0.15, 0.2) is 5.78 Å². The van der Waals surface area contributed by atoms with E-state index in [4.69, 9.17) is 5.11 Å². The van der Waals surface area contributed by atoms with Crippen molar-refractivity contribution in [2.45, 2.75) is 26.9 Å². The predicted octanol–water partition coefficient (Wildman–Crippen LogP) is 1.15. The van der Waals surface area contributed by atoms with Gasteiger partial charge >= 0.3 is 0 Å². The van der Waals surface area contributed by atoms with E-state index in [0.29, 0.717) is 5.57 Å². The third kappa shape index (κ3) is 2.31. The first-order chi connectivity index (χ1) is 4.46. The molecule has 1 N–H and O–H groups in total. The molecule has 10 heavy (non-hydrogen) atoms. The highest BCUT2D eigenvalue weighted by Gasteiger charge is 2.17. The minimum absolute atomic E-state index is 0.119. The summed E-state index contributed by atoms with van der Waals surface area (Å²) in [4.78, 5) is 11.0. The number of rotatable bonds is 3. The third-order valence-electron chi connectivity index (χ3n) is 1.31. The molecule has 0 bridgehead atoms. The molecule has 1 atom stereocenters. The number of Topliss-reactive ketones (excluding diaryl/α,β-unsaturated/α-hetero) is 1. The van der Waals surface area contributed by atoms with E-state index in [9.17, 15) is 4.79 Å². The van der Waals surface area contributed by atoms with Crippen LogP contribution in [0.3, 0.4) is 0 Å². The summed E-state index contributed by atoms with van der Waals surface area (Å²) in [7, 11) is 0. The quantitative estimate of drug-likeness (QED) is 0.600. The monoisotopic (exact) mass is 142 g/mol. The summed E-state index contributed by atoms with van der Waals surface area (Å²) in [6.07, 6.45) is -0.972. The number of ketones is 1. The minimum atomic E-state index is -0.972. The molecule has 0 radical (unpaired) electrons. The van der Waals surface area contributed by atoms with Crippen molar-refractivity contribution in [2.24, 2.45) is 5.92 Å². The van der Waals surface area contributed by atoms with Crippen LogP contribution in [0.5, 0.6) is 0 Å². The Morgan fingerprint density at radius 3 is 2.00 bits per heavy atom. The van der Waals surface area contributed by atoms with Gasteiger partial charge in [0.2, 0.25) is 0 Å². The zero-order valence-electron chi connectivity index (χ0n) is 6.72. The first-order valence-electron chi connectivity index (χ1n) is 3.34. The van der Waals surface area contributed by atoms with Crippen molar-refractivity contribution in [2.75, 3.05) is 0 Å². The van der Waals surface area contributed by atoms with E-state index >= 15 is 0 Å². The standard InChI is InChI=1S/C8H14O2/c1-5(2)7(9)8(10)6(3)4/h6-7,9H,1H2,2-4H3. The van der Waals surface area contributed by atoms with Crippen LogP contribution >= 0.6 is 0 Å². The van der Waals surface area contributed by atoms with Gasteiger partial charge in [-0.1, -0.05) is 20.4 Å². The molecule has 0 aromatic carbocycles. The van der Waals surface area contributed by atoms with Crippen LogP contribution in [0.15, 0.2) is 12.2 Å². The number of carbonyl (C=O) groups excluding carboxylic acids is 1. The molecule has 0 aliphatic heterocycles. The Labute approximate surface area is 61.6 Å². The smallest absolute Gasteiger partial charge is 0.167 e. The lowest BCUT2D eigenvalue weighted by Gasteiger charge is -2.10. The second kappa shape index (κ2) is 3.52. The van der Waals surface area contributed by atoms with Gasteiger partial charge in [-0.2, -0.15) is 0 Å². The highest BCUT2D eigenvalue weighted by atomic mass is 16.3. The molecule has 1 unspecified atom stereocenters. The summed E-state index contributed by atoms with van der Waals surface area (Å²) in [6.45, 7) is 8.65. The van der Waals surface area contributed by atoms with Crippen LogP contribution in [0.25, 0.3) is 0 Å². The molecule has 0 spiro atoms. The van der Waals surface area contributed by atoms with Crippen LogP contribution in [0, 0.1) is 5.92 Å². The van der Waals surface area contributed by atoms with Crippen LogP contribution in [-0.4, -0.2) is 17.0 Å². The normalized spacial score (nSPS) is 13.3. The fraction of sp³-hybridized carbons (Fsp3) is 0.625. The van der Waals surface area contributed by atoms with E-state index in [0.717, 1.165) is 0 Å². The van der Waals surface area contributed by atoms with Gasteiger partial charge in [-0.25, -0.2) is 0 Å². The average molecular weight is 142 g/mol. The molecule has 0 heterocycles. The van der Waals surface area contributed by atoms with Crippen LogP contribution in [0.4, 0.5) is 0 Å². The fourth-order valence-electron chi connectivity index (χ4n) is 0.559. The number of aliphatic hydroxyl groups excluding tert-OH is 1. The molecule has 0 rings (SSSR count). The Kier molecular flexibility index (Phi) is 3.30. The number of carbonyl (C=O) groups is 1. The molecule has 0 amide bonds. The minimum Gasteiger partial charge on any atom is -0.381 e. The van der Waals surface area contributed by atoms with Crippen LogP contribution in [0.2, 0.25) is 0 Å². The largest absolute Gasteiger partial charge is 0.381 e. The molecule has 2 nitrogen and oxygen atoms in total. The average Bonchev–Trinajstić information content (AvgIpc) is 1.84. The van der Waals surface area contributed by atoms with Gasteiger partial charge in [-0.3, -0.25) is 4.79 Å². The zero-order chi connectivity index (χ0) is 8.31. The Hall–Kier alpha value is -0.630. The lowest BCUT2D eigenvalue weighted by atomic mass is 10.00. The van der Waals surface area contributed by atoms with Gasteiger partial charge in [0, 0.05) is 5.92 Å². The molecular formula is C8H14O2. The van der Waals surface area contributed by atoms with Crippen molar-refractivity contribution >= 4 is 5.78 Å². The van der Waals surface area contributed by atoms with Crippen molar-refractivity contribution in [3.63, 3.8) is 0 Å². The van der Waals surface area contributed by atoms with Gasteiger partial charge < -0.3 is 5.11 Å². The molecule has 0 fully saturated rings. The van der Waals surface area contributed by atoms with E-state index < -0.39 is 6.10 Å². The maximum Gasteiger partial charge on any atom is 0.167 e. The summed E-state index contributed by atoms with van der Waals surface area (Å²) < 4.78 is 0. The second-order valence-electron chi connectivity index (χ2n) is 2.81. The topological polar surface area (TPSA) is 37.3 Å². The fourth-order valence-corrected chi connectivity index (χ4v) is 0.559. The maximum absolute atomic E-state index is 11.0. The molecule has 0 saturated heterocycles. The lowest BCUT2D eigenvalue weighted by molar-refractivity contribution is -0.128. The van der Waals surface area contributed by atoms with Crippen molar-refractivity contribution in [1.29, 1.82) is 0 Å². The van der Waals surface area contributed by atoms with E-state index in [1.807, 2.05) is 0 Å². The van der Waals surface area contributed by atoms with Crippen molar-refractivity contribution in [3.8, 4) is 0 Å². The first kappa shape index (κ1) is 9.37. The summed E-state index contributed by atoms with van der Waals surface area (Å²) in [5.74, 6) is -0.279. The van der Waals surface area contributed by atoms with Gasteiger partial charge in [0.25, 0.3) is 0 Å². The number of hydrogen-bond acceptors (Lipinski definition) is 2. The maximum atomic E-state index is 11.0. The highest BCUT2D eigenvalue weighted by Crippen LogP contribution is 2.05. The van der Waals surface area contributed by atoms with Crippen LogP contribution in [0.1, 0.15) is 20.8 Å². The van der Waals surface area contributed by atoms with Gasteiger partial charge in [-0.15, -0.1) is 0 Å². The molecule has 0 aromatic rings. The first-order valence-corrected chi connectivity index (χ1v) is 3.34. The molecule has 58 valence electrons. The number of hydrogen-bond donors (Lipinski definition) is 1. The Morgan fingerprint density at radius 1 is 1.50 bits per heavy atom. The van der Waals surface area contributed by atoms with Crippen molar-refractivity contribution < 1.29 is 9.90 Å². The van der Waals surface area contributed by atoms with Crippen LogP contribution in [-0.2, 0) is 4.79 Å². The molecule has 0 aliphatic rings. The molecule has 2 heteroatoms. The Balaban J connectivity index is 4.08. The summed E-state index contributed by atoms with van der Waals surface area (Å²) in [5, 5.41) is 9.12. The van der Waals surface area contributed by atoms with Crippen molar-refractivity contribution in [3.05, 3.63) is 12.2 Å². The molecule has 0 saturated carbocycles. The highest BCUT2D eigenvalue weighted by molar-refractivity contribution is 5.87. The Morgan fingerprint density at radius 2 is 1.90 bits per heavy atom. The van der Waals surface area contributed by atoms with E-state index in [1.54, 1.807) is 20.8 Å². The summed E-state index contributed by atoms with van der Waals surface area (Å²) in [5.41, 5.74) is 0.513. The van der Waals surface area contributed by atoms with Crippen LogP contribution < -0.4 is 0 Å². The molecule has 0 aromatic heterocycles. The Bertz CT molecular complexity index is 147. The third-order valence-corrected chi connectivity index (χ3v) is 1.31. The van der Waals surface area contributed by atoms with Gasteiger partial charge in [-0.05, 0) is 12.5 Å². The molecule has 0 aliphatic carbocycles. The summed E-state index contributed by atoms with van der Waals surface area (Å²) >= 11 is 0. The summed E-state index contributed by atoms with van der Waals surface area (Å²) in [6, 6.07) is 0. The second-order valence-corrected chi connectivity index (χ2v) is 2.81. The van der Waals surface area contributed by atoms with Gasteiger partial charge in [0.05, 0.1) is 0 Å². The van der Waals surface area contributed by atoms with E-state index in [2.05, 4.69) is 6.58 Å². The number of aliphatic hydroxyl groups is 1. The lowest BCUT2D eigenvalue weighted by Crippen LogP contribution is -2.25. The van der Waals surface area contributed by atoms with Gasteiger partial charge in [0.1, 0.15) is 6.10 Å². The van der Waals surface area contributed by atoms with E-state index in [1.165, 1.54) is 0 Å². The predicted molar refractivity (Wildman–Crippen MR) is 40.7 cm³/mol.